The smallest absolute Gasteiger partial charge is 0.263 e. The minimum absolute atomic E-state index is 0.0542. The molecule has 0 radical (unpaired) electrons. The average molecular weight is 241 g/mol. The second-order valence-electron chi connectivity index (χ2n) is 3.22. The molecule has 0 unspecified atom stereocenters. The molecule has 0 atom stereocenters. The Balaban J connectivity index is 3.91. The molecule has 0 saturated heterocycles. The van der Waals surface area contributed by atoms with E-state index in [-0.39, 0.29) is 5.57 Å². The van der Waals surface area contributed by atoms with Crippen LogP contribution in [0.3, 0.4) is 0 Å². The van der Waals surface area contributed by atoms with Gasteiger partial charge in [-0.2, -0.15) is 5.26 Å². The van der Waals surface area contributed by atoms with Crippen LogP contribution in [0.25, 0.3) is 0 Å². The molecule has 0 aromatic heterocycles. The van der Waals surface area contributed by atoms with Gasteiger partial charge in [0.2, 0.25) is 0 Å². The number of methoxy groups -OCH3 is 2. The molecule has 0 heterocycles. The Bertz CT molecular complexity index is 284. The standard InChI is InChI=1S/C11H19N3O3/c1-16-6-3-4-13-9-10(8-12)11(15)14-5-7-17-2/h9,13H,3-7H2,1-2H3,(H,14,15)/b10-9-. The van der Waals surface area contributed by atoms with E-state index >= 15 is 0 Å². The maximum atomic E-state index is 11.4. The van der Waals surface area contributed by atoms with Crippen molar-refractivity contribution in [2.24, 2.45) is 0 Å². The molecule has 0 bridgehead atoms. The molecule has 0 aliphatic carbocycles. The monoisotopic (exact) mass is 241 g/mol. The topological polar surface area (TPSA) is 83.4 Å². The van der Waals surface area contributed by atoms with E-state index < -0.39 is 5.91 Å². The van der Waals surface area contributed by atoms with Crippen molar-refractivity contribution in [3.8, 4) is 6.07 Å². The van der Waals surface area contributed by atoms with Crippen molar-refractivity contribution in [1.82, 2.24) is 10.6 Å². The fourth-order valence-corrected chi connectivity index (χ4v) is 1.00. The highest BCUT2D eigenvalue weighted by molar-refractivity contribution is 5.97. The summed E-state index contributed by atoms with van der Waals surface area (Å²) in [4.78, 5) is 11.4. The zero-order valence-corrected chi connectivity index (χ0v) is 10.3. The highest BCUT2D eigenvalue weighted by Crippen LogP contribution is 1.90. The van der Waals surface area contributed by atoms with Gasteiger partial charge in [-0.3, -0.25) is 4.79 Å². The molecule has 0 spiro atoms. The normalized spacial score (nSPS) is 10.8. The number of hydrogen-bond donors (Lipinski definition) is 2. The molecule has 6 heteroatoms. The van der Waals surface area contributed by atoms with Crippen LogP contribution in [0.4, 0.5) is 0 Å². The van der Waals surface area contributed by atoms with Gasteiger partial charge in [-0.05, 0) is 6.42 Å². The molecule has 0 saturated carbocycles. The van der Waals surface area contributed by atoms with Gasteiger partial charge < -0.3 is 20.1 Å². The van der Waals surface area contributed by atoms with Crippen LogP contribution in [0, 0.1) is 11.3 Å². The van der Waals surface area contributed by atoms with Crippen LogP contribution in [0.1, 0.15) is 6.42 Å². The molecular formula is C11H19N3O3. The highest BCUT2D eigenvalue weighted by Gasteiger charge is 2.06. The molecule has 1 amide bonds. The van der Waals surface area contributed by atoms with Crippen LogP contribution in [0.15, 0.2) is 11.8 Å². The van der Waals surface area contributed by atoms with Crippen molar-refractivity contribution in [3.05, 3.63) is 11.8 Å². The summed E-state index contributed by atoms with van der Waals surface area (Å²) >= 11 is 0. The van der Waals surface area contributed by atoms with Crippen LogP contribution < -0.4 is 10.6 Å². The first-order chi connectivity index (χ1) is 8.26. The van der Waals surface area contributed by atoms with Crippen molar-refractivity contribution in [2.75, 3.05) is 40.5 Å². The van der Waals surface area contributed by atoms with Gasteiger partial charge in [0.05, 0.1) is 6.61 Å². The lowest BCUT2D eigenvalue weighted by Gasteiger charge is -2.04. The van der Waals surface area contributed by atoms with Crippen molar-refractivity contribution in [2.45, 2.75) is 6.42 Å². The number of rotatable bonds is 9. The zero-order valence-electron chi connectivity index (χ0n) is 10.3. The van der Waals surface area contributed by atoms with E-state index in [2.05, 4.69) is 10.6 Å². The number of carbonyl (C=O) groups excluding carboxylic acids is 1. The van der Waals surface area contributed by atoms with Crippen LogP contribution in [-0.4, -0.2) is 46.4 Å². The van der Waals surface area contributed by atoms with Gasteiger partial charge in [-0.25, -0.2) is 0 Å². The van der Waals surface area contributed by atoms with Crippen molar-refractivity contribution < 1.29 is 14.3 Å². The third-order valence-electron chi connectivity index (χ3n) is 1.87. The number of hydrogen-bond acceptors (Lipinski definition) is 5. The lowest BCUT2D eigenvalue weighted by atomic mass is 10.3. The van der Waals surface area contributed by atoms with Gasteiger partial charge in [0, 0.05) is 40.1 Å². The van der Waals surface area contributed by atoms with Crippen molar-refractivity contribution in [1.29, 1.82) is 5.26 Å². The third kappa shape index (κ3) is 8.25. The maximum absolute atomic E-state index is 11.4. The van der Waals surface area contributed by atoms with Gasteiger partial charge in [0.15, 0.2) is 0 Å². The lowest BCUT2D eigenvalue weighted by Crippen LogP contribution is -2.28. The Labute approximate surface area is 102 Å². The van der Waals surface area contributed by atoms with Crippen LogP contribution in [0.5, 0.6) is 0 Å². The summed E-state index contributed by atoms with van der Waals surface area (Å²) in [6.07, 6.45) is 2.23. The largest absolute Gasteiger partial charge is 0.390 e. The number of carbonyl (C=O) groups is 1. The summed E-state index contributed by atoms with van der Waals surface area (Å²) < 4.78 is 9.65. The Kier molecular flexibility index (Phi) is 9.91. The molecule has 2 N–H and O–H groups in total. The predicted molar refractivity (Wildman–Crippen MR) is 63.1 cm³/mol. The first-order valence-corrected chi connectivity index (χ1v) is 5.36. The van der Waals surface area contributed by atoms with Gasteiger partial charge >= 0.3 is 0 Å². The van der Waals surface area contributed by atoms with Gasteiger partial charge in [-0.15, -0.1) is 0 Å². The summed E-state index contributed by atoms with van der Waals surface area (Å²) in [5.41, 5.74) is 0.0542. The lowest BCUT2D eigenvalue weighted by molar-refractivity contribution is -0.117. The fourth-order valence-electron chi connectivity index (χ4n) is 1.00. The van der Waals surface area contributed by atoms with E-state index in [0.29, 0.717) is 26.3 Å². The molecule has 17 heavy (non-hydrogen) atoms. The number of ether oxygens (including phenoxy) is 2. The number of nitriles is 1. The minimum Gasteiger partial charge on any atom is -0.390 e. The van der Waals surface area contributed by atoms with Gasteiger partial charge in [0.25, 0.3) is 5.91 Å². The molecule has 0 fully saturated rings. The molecule has 0 rings (SSSR count). The van der Waals surface area contributed by atoms with Gasteiger partial charge in [-0.1, -0.05) is 0 Å². The molecule has 6 nitrogen and oxygen atoms in total. The van der Waals surface area contributed by atoms with Crippen LogP contribution in [0.2, 0.25) is 0 Å². The summed E-state index contributed by atoms with van der Waals surface area (Å²) in [6.45, 7) is 2.11. The number of amides is 1. The first-order valence-electron chi connectivity index (χ1n) is 5.36. The van der Waals surface area contributed by atoms with Crippen molar-refractivity contribution >= 4 is 5.91 Å². The Morgan fingerprint density at radius 1 is 1.29 bits per heavy atom. The average Bonchev–Trinajstić information content (AvgIpc) is 2.34. The van der Waals surface area contributed by atoms with E-state index in [1.165, 1.54) is 6.20 Å². The SMILES string of the molecule is COCCCN/C=C(/C#N)C(=O)NCCOC. The highest BCUT2D eigenvalue weighted by atomic mass is 16.5. The third-order valence-corrected chi connectivity index (χ3v) is 1.87. The maximum Gasteiger partial charge on any atom is 0.263 e. The van der Waals surface area contributed by atoms with E-state index in [1.807, 2.05) is 6.07 Å². The molecule has 96 valence electrons. The molecular weight excluding hydrogens is 222 g/mol. The number of nitrogens with one attached hydrogen (secondary N) is 2. The van der Waals surface area contributed by atoms with Crippen molar-refractivity contribution in [3.63, 3.8) is 0 Å². The second-order valence-corrected chi connectivity index (χ2v) is 3.22. The van der Waals surface area contributed by atoms with E-state index in [0.717, 1.165) is 6.42 Å². The fraction of sp³-hybridized carbons (Fsp3) is 0.636. The van der Waals surface area contributed by atoms with E-state index in [4.69, 9.17) is 14.7 Å². The Hall–Kier alpha value is -1.58. The molecule has 0 aliphatic rings. The van der Waals surface area contributed by atoms with Crippen LogP contribution in [-0.2, 0) is 14.3 Å². The summed E-state index contributed by atoms with van der Waals surface area (Å²) in [7, 11) is 3.17. The Morgan fingerprint density at radius 3 is 2.59 bits per heavy atom. The Morgan fingerprint density at radius 2 is 2.00 bits per heavy atom. The predicted octanol–water partition coefficient (Wildman–Crippen LogP) is -0.217. The summed E-state index contributed by atoms with van der Waals surface area (Å²) in [5.74, 6) is -0.399. The number of nitrogens with zero attached hydrogens (tertiary/aromatic N) is 1. The zero-order chi connectivity index (χ0) is 12.9. The van der Waals surface area contributed by atoms with E-state index in [9.17, 15) is 4.79 Å². The van der Waals surface area contributed by atoms with Crippen LogP contribution >= 0.6 is 0 Å². The first kappa shape index (κ1) is 15.4. The molecule has 0 aromatic carbocycles. The van der Waals surface area contributed by atoms with E-state index in [1.54, 1.807) is 14.2 Å². The minimum atomic E-state index is -0.399. The summed E-state index contributed by atoms with van der Waals surface area (Å²) in [6, 6.07) is 1.83. The summed E-state index contributed by atoms with van der Waals surface area (Å²) in [5, 5.41) is 14.2. The second kappa shape index (κ2) is 10.9. The molecule has 0 aromatic rings. The molecule has 0 aliphatic heterocycles. The quantitative estimate of drug-likeness (QED) is 0.331. The van der Waals surface area contributed by atoms with Gasteiger partial charge in [0.1, 0.15) is 11.6 Å².